The molecule has 25 heavy (non-hydrogen) atoms. The summed E-state index contributed by atoms with van der Waals surface area (Å²) in [5, 5.41) is 14.4. The molecule has 8 nitrogen and oxygen atoms in total. The molecule has 0 spiro atoms. The van der Waals surface area contributed by atoms with Crippen molar-refractivity contribution in [1.82, 2.24) is 4.98 Å². The second-order valence-electron chi connectivity index (χ2n) is 5.89. The number of nitro benzene ring substituents is 1. The number of aromatic nitrogens is 1. The van der Waals surface area contributed by atoms with Gasteiger partial charge in [-0.1, -0.05) is 0 Å². The van der Waals surface area contributed by atoms with E-state index in [1.807, 2.05) is 0 Å². The van der Waals surface area contributed by atoms with Gasteiger partial charge in [-0.05, 0) is 38.0 Å². The van der Waals surface area contributed by atoms with Gasteiger partial charge in [-0.15, -0.1) is 0 Å². The summed E-state index contributed by atoms with van der Waals surface area (Å²) in [6.45, 7) is 2.77. The van der Waals surface area contributed by atoms with Crippen LogP contribution in [0.5, 0.6) is 0 Å². The Morgan fingerprint density at radius 1 is 1.52 bits per heavy atom. The number of rotatable bonds is 6. The van der Waals surface area contributed by atoms with Crippen molar-refractivity contribution in [2.75, 3.05) is 18.5 Å². The van der Waals surface area contributed by atoms with E-state index in [0.717, 1.165) is 19.4 Å². The number of hydrogen-bond donors (Lipinski definition) is 1. The van der Waals surface area contributed by atoms with Crippen LogP contribution in [-0.2, 0) is 14.3 Å². The molecule has 1 aromatic heterocycles. The molecule has 2 atom stereocenters. The van der Waals surface area contributed by atoms with E-state index in [1.165, 1.54) is 18.3 Å². The number of ether oxygens (including phenoxy) is 2. The maximum atomic E-state index is 12.3. The molecule has 0 radical (unpaired) electrons. The molecule has 0 unspecified atom stereocenters. The highest BCUT2D eigenvalue weighted by Gasteiger charge is 2.21. The number of nitrogens with zero attached hydrogens (tertiary/aromatic N) is 2. The molecule has 1 saturated heterocycles. The van der Waals surface area contributed by atoms with Crippen molar-refractivity contribution < 1.29 is 19.2 Å². The average molecular weight is 345 g/mol. The van der Waals surface area contributed by atoms with E-state index in [1.54, 1.807) is 19.1 Å². The first kappa shape index (κ1) is 17.2. The fourth-order valence-corrected chi connectivity index (χ4v) is 2.75. The number of fused-ring (bicyclic) bond motifs is 1. The Morgan fingerprint density at radius 2 is 2.36 bits per heavy atom. The monoisotopic (exact) mass is 345 g/mol. The topological polar surface area (TPSA) is 104 Å². The summed E-state index contributed by atoms with van der Waals surface area (Å²) in [5.41, 5.74) is 0.598. The lowest BCUT2D eigenvalue weighted by atomic mass is 10.1. The molecule has 1 amide bonds. The predicted molar refractivity (Wildman–Crippen MR) is 91.4 cm³/mol. The number of nitro groups is 1. The maximum absolute atomic E-state index is 12.3. The van der Waals surface area contributed by atoms with Crippen LogP contribution < -0.4 is 5.32 Å². The quantitative estimate of drug-likeness (QED) is 0.637. The molecule has 1 N–H and O–H groups in total. The normalized spacial score (nSPS) is 18.2. The zero-order valence-corrected chi connectivity index (χ0v) is 13.8. The molecule has 2 heterocycles. The van der Waals surface area contributed by atoms with Crippen LogP contribution in [0.1, 0.15) is 19.8 Å². The highest BCUT2D eigenvalue weighted by molar-refractivity contribution is 6.04. The molecule has 2 aromatic rings. The molecular weight excluding hydrogens is 326 g/mol. The van der Waals surface area contributed by atoms with E-state index in [9.17, 15) is 14.9 Å². The van der Waals surface area contributed by atoms with E-state index >= 15 is 0 Å². The predicted octanol–water partition coefficient (Wildman–Crippen LogP) is 2.67. The molecule has 132 valence electrons. The van der Waals surface area contributed by atoms with Gasteiger partial charge < -0.3 is 14.8 Å². The Morgan fingerprint density at radius 3 is 3.08 bits per heavy atom. The van der Waals surface area contributed by atoms with Crippen LogP contribution in [-0.4, -0.2) is 41.2 Å². The summed E-state index contributed by atoms with van der Waals surface area (Å²) in [5.74, 6) is -0.322. The highest BCUT2D eigenvalue weighted by atomic mass is 16.6. The number of pyridine rings is 1. The van der Waals surface area contributed by atoms with Gasteiger partial charge in [0.25, 0.3) is 11.6 Å². The van der Waals surface area contributed by atoms with Crippen LogP contribution in [0.2, 0.25) is 0 Å². The summed E-state index contributed by atoms with van der Waals surface area (Å²) < 4.78 is 11.0. The zero-order chi connectivity index (χ0) is 17.8. The molecule has 1 aliphatic rings. The Labute approximate surface area is 144 Å². The van der Waals surface area contributed by atoms with Gasteiger partial charge in [-0.2, -0.15) is 0 Å². The van der Waals surface area contributed by atoms with Crippen molar-refractivity contribution >= 4 is 28.2 Å². The first-order valence-electron chi connectivity index (χ1n) is 8.12. The number of anilines is 1. The smallest absolute Gasteiger partial charge is 0.295 e. The molecule has 0 aliphatic carbocycles. The minimum atomic E-state index is -0.661. The van der Waals surface area contributed by atoms with Gasteiger partial charge in [0.15, 0.2) is 0 Å². The van der Waals surface area contributed by atoms with Gasteiger partial charge in [-0.3, -0.25) is 14.9 Å². The zero-order valence-electron chi connectivity index (χ0n) is 13.8. The van der Waals surface area contributed by atoms with E-state index < -0.39 is 11.0 Å². The van der Waals surface area contributed by atoms with Crippen molar-refractivity contribution in [2.45, 2.75) is 32.0 Å². The van der Waals surface area contributed by atoms with Crippen molar-refractivity contribution in [1.29, 1.82) is 0 Å². The van der Waals surface area contributed by atoms with Crippen molar-refractivity contribution in [3.63, 3.8) is 0 Å². The van der Waals surface area contributed by atoms with E-state index in [0.29, 0.717) is 17.7 Å². The first-order chi connectivity index (χ1) is 12.1. The molecule has 0 saturated carbocycles. The van der Waals surface area contributed by atoms with Crippen LogP contribution in [0.3, 0.4) is 0 Å². The van der Waals surface area contributed by atoms with Crippen molar-refractivity contribution in [3.05, 3.63) is 40.6 Å². The Balaban J connectivity index is 1.72. The SMILES string of the molecule is C[C@H](OC[C@@H]1CCCO1)C(=O)Nc1ccc([N+](=O)[O-])c2ncccc12. The summed E-state index contributed by atoms with van der Waals surface area (Å²) in [4.78, 5) is 27.0. The van der Waals surface area contributed by atoms with Gasteiger partial charge in [0.2, 0.25) is 0 Å². The molecule has 0 bridgehead atoms. The number of nitrogens with one attached hydrogen (secondary N) is 1. The van der Waals surface area contributed by atoms with Crippen molar-refractivity contribution in [2.24, 2.45) is 0 Å². The number of amides is 1. The van der Waals surface area contributed by atoms with Gasteiger partial charge in [-0.25, -0.2) is 4.98 Å². The van der Waals surface area contributed by atoms with E-state index in [-0.39, 0.29) is 23.2 Å². The third-order valence-corrected chi connectivity index (χ3v) is 4.13. The molecule has 1 fully saturated rings. The Kier molecular flexibility index (Phi) is 5.20. The second kappa shape index (κ2) is 7.54. The van der Waals surface area contributed by atoms with Gasteiger partial charge in [0, 0.05) is 24.3 Å². The molecule has 3 rings (SSSR count). The van der Waals surface area contributed by atoms with Gasteiger partial charge in [0.05, 0.1) is 23.3 Å². The van der Waals surface area contributed by atoms with Crippen molar-refractivity contribution in [3.8, 4) is 0 Å². The van der Waals surface area contributed by atoms with E-state index in [4.69, 9.17) is 9.47 Å². The number of non-ortho nitro benzene ring substituents is 1. The molecule has 1 aliphatic heterocycles. The van der Waals surface area contributed by atoms with Crippen LogP contribution in [0, 0.1) is 10.1 Å². The lowest BCUT2D eigenvalue weighted by molar-refractivity contribution is -0.383. The average Bonchev–Trinajstić information content (AvgIpc) is 3.13. The van der Waals surface area contributed by atoms with Crippen LogP contribution in [0.4, 0.5) is 11.4 Å². The number of benzene rings is 1. The summed E-state index contributed by atoms with van der Waals surface area (Å²) >= 11 is 0. The summed E-state index contributed by atoms with van der Waals surface area (Å²) in [6, 6.07) is 6.19. The molecule has 1 aromatic carbocycles. The largest absolute Gasteiger partial charge is 0.376 e. The summed E-state index contributed by atoms with van der Waals surface area (Å²) in [7, 11) is 0. The van der Waals surface area contributed by atoms with Crippen LogP contribution >= 0.6 is 0 Å². The van der Waals surface area contributed by atoms with E-state index in [2.05, 4.69) is 10.3 Å². The Bertz CT molecular complexity index is 789. The van der Waals surface area contributed by atoms with Gasteiger partial charge >= 0.3 is 0 Å². The fraction of sp³-hybridized carbons (Fsp3) is 0.412. The minimum absolute atomic E-state index is 0.0413. The second-order valence-corrected chi connectivity index (χ2v) is 5.89. The lowest BCUT2D eigenvalue weighted by Crippen LogP contribution is -2.30. The van der Waals surface area contributed by atoms with Crippen LogP contribution in [0.25, 0.3) is 10.9 Å². The number of carbonyl (C=O) groups excluding carboxylic acids is 1. The molecular formula is C17H19N3O5. The van der Waals surface area contributed by atoms with Crippen LogP contribution in [0.15, 0.2) is 30.5 Å². The third kappa shape index (κ3) is 3.92. The maximum Gasteiger partial charge on any atom is 0.295 e. The summed E-state index contributed by atoms with van der Waals surface area (Å²) in [6.07, 6.45) is 2.81. The number of carbonyl (C=O) groups is 1. The fourth-order valence-electron chi connectivity index (χ4n) is 2.75. The first-order valence-corrected chi connectivity index (χ1v) is 8.12. The molecule has 8 heteroatoms. The number of hydrogen-bond acceptors (Lipinski definition) is 6. The highest BCUT2D eigenvalue weighted by Crippen LogP contribution is 2.29. The van der Waals surface area contributed by atoms with Gasteiger partial charge in [0.1, 0.15) is 11.6 Å². The Hall–Kier alpha value is -2.58. The minimum Gasteiger partial charge on any atom is -0.376 e. The third-order valence-electron chi connectivity index (χ3n) is 4.13. The lowest BCUT2D eigenvalue weighted by Gasteiger charge is -2.16. The standard InChI is InChI=1S/C17H19N3O5/c1-11(25-10-12-4-3-9-24-12)17(21)19-14-6-7-15(20(22)23)16-13(14)5-2-8-18-16/h2,5-8,11-12H,3-4,9-10H2,1H3,(H,19,21)/t11-,12-/m0/s1.